The first-order valence-electron chi connectivity index (χ1n) is 11.2. The molecule has 0 amide bonds. The van der Waals surface area contributed by atoms with E-state index in [9.17, 15) is 0 Å². The first kappa shape index (κ1) is 18.8. The molecule has 0 nitrogen and oxygen atoms in total. The normalized spacial score (nSPS) is 11.8. The maximum atomic E-state index is 3.71. The van der Waals surface area contributed by atoms with Crippen LogP contribution in [0.2, 0.25) is 0 Å². The second-order valence-corrected chi connectivity index (χ2v) is 9.60. The lowest BCUT2D eigenvalue weighted by molar-refractivity contribution is 1.69. The van der Waals surface area contributed by atoms with E-state index in [4.69, 9.17) is 0 Å². The molecule has 0 atom stereocenters. The highest BCUT2D eigenvalue weighted by Crippen LogP contribution is 2.43. The maximum Gasteiger partial charge on any atom is 0.0181 e. The van der Waals surface area contributed by atoms with Crippen LogP contribution in [-0.2, 0) is 0 Å². The summed E-state index contributed by atoms with van der Waals surface area (Å²) in [6, 6.07) is 42.1. The van der Waals surface area contributed by atoms with Gasteiger partial charge in [0.1, 0.15) is 0 Å². The van der Waals surface area contributed by atoms with Crippen molar-refractivity contribution in [3.05, 3.63) is 120 Å². The van der Waals surface area contributed by atoms with Crippen LogP contribution in [0.3, 0.4) is 0 Å². The number of benzene rings is 7. The molecule has 0 aliphatic rings. The van der Waals surface area contributed by atoms with Gasteiger partial charge in [0.05, 0.1) is 0 Å². The van der Waals surface area contributed by atoms with E-state index in [1.807, 2.05) is 0 Å². The van der Waals surface area contributed by atoms with Gasteiger partial charge in [-0.3, -0.25) is 0 Å². The number of fused-ring (bicyclic) bond motifs is 9. The van der Waals surface area contributed by atoms with Crippen LogP contribution in [0, 0.1) is 0 Å². The van der Waals surface area contributed by atoms with Crippen molar-refractivity contribution in [3.63, 3.8) is 0 Å². The van der Waals surface area contributed by atoms with Gasteiger partial charge in [-0.25, -0.2) is 0 Å². The smallest absolute Gasteiger partial charge is 0.0181 e. The number of rotatable bonds is 1. The van der Waals surface area contributed by atoms with Crippen LogP contribution in [0.15, 0.2) is 120 Å². The van der Waals surface area contributed by atoms with E-state index < -0.39 is 0 Å². The number of halogens is 1. The molecule has 0 radical (unpaired) electrons. The molecule has 154 valence electrons. The molecule has 0 saturated carbocycles. The minimum Gasteiger partial charge on any atom is -0.0616 e. The van der Waals surface area contributed by atoms with Crippen molar-refractivity contribution in [1.82, 2.24) is 0 Å². The zero-order valence-corrected chi connectivity index (χ0v) is 19.4. The van der Waals surface area contributed by atoms with Gasteiger partial charge in [0.25, 0.3) is 0 Å². The van der Waals surface area contributed by atoms with Crippen molar-refractivity contribution < 1.29 is 0 Å². The molecule has 0 N–H and O–H groups in total. The lowest BCUT2D eigenvalue weighted by Gasteiger charge is -2.16. The summed E-state index contributed by atoms with van der Waals surface area (Å²) in [6.45, 7) is 0. The Hall–Kier alpha value is -3.68. The van der Waals surface area contributed by atoms with E-state index in [-0.39, 0.29) is 0 Å². The van der Waals surface area contributed by atoms with Gasteiger partial charge >= 0.3 is 0 Å². The standard InChI is InChI=1S/C32H19Br/c33-24-15-17-27-26-9-3-4-10-28(26)32-29(30(27)19-24)16-14-21-8-5-11-25(31(21)32)23-13-12-20-6-1-2-7-22(20)18-23/h1-19H. The Bertz CT molecular complexity index is 1880. The van der Waals surface area contributed by atoms with Gasteiger partial charge < -0.3 is 0 Å². The minimum absolute atomic E-state index is 1.11. The highest BCUT2D eigenvalue weighted by Gasteiger charge is 2.14. The molecule has 0 aliphatic carbocycles. The van der Waals surface area contributed by atoms with E-state index in [1.54, 1.807) is 0 Å². The van der Waals surface area contributed by atoms with Gasteiger partial charge in [0.2, 0.25) is 0 Å². The van der Waals surface area contributed by atoms with E-state index in [0.717, 1.165) is 4.47 Å². The van der Waals surface area contributed by atoms with E-state index in [1.165, 1.54) is 65.0 Å². The summed E-state index contributed by atoms with van der Waals surface area (Å²) in [6.07, 6.45) is 0. The Labute approximate surface area is 200 Å². The summed E-state index contributed by atoms with van der Waals surface area (Å²) in [4.78, 5) is 0. The molecule has 0 heterocycles. The lowest BCUT2D eigenvalue weighted by Crippen LogP contribution is -1.88. The molecule has 33 heavy (non-hydrogen) atoms. The summed E-state index contributed by atoms with van der Waals surface area (Å²) in [5.74, 6) is 0. The predicted octanol–water partition coefficient (Wildman–Crippen LogP) is 9.88. The van der Waals surface area contributed by atoms with Crippen LogP contribution < -0.4 is 0 Å². The molecule has 0 bridgehead atoms. The number of hydrogen-bond acceptors (Lipinski definition) is 0. The van der Waals surface area contributed by atoms with E-state index in [0.29, 0.717) is 0 Å². The third-order valence-electron chi connectivity index (χ3n) is 6.86. The third kappa shape index (κ3) is 2.83. The Morgan fingerprint density at radius 1 is 0.394 bits per heavy atom. The summed E-state index contributed by atoms with van der Waals surface area (Å²) < 4.78 is 1.11. The first-order valence-corrected chi connectivity index (χ1v) is 12.0. The fraction of sp³-hybridized carbons (Fsp3) is 0. The number of hydrogen-bond donors (Lipinski definition) is 0. The quantitative estimate of drug-likeness (QED) is 0.204. The molecular weight excluding hydrogens is 464 g/mol. The highest BCUT2D eigenvalue weighted by atomic mass is 79.9. The van der Waals surface area contributed by atoms with Gasteiger partial charge in [-0.1, -0.05) is 113 Å². The van der Waals surface area contributed by atoms with Crippen LogP contribution >= 0.6 is 15.9 Å². The molecule has 0 saturated heterocycles. The molecule has 0 aliphatic heterocycles. The lowest BCUT2D eigenvalue weighted by atomic mass is 9.88. The maximum absolute atomic E-state index is 3.71. The van der Waals surface area contributed by atoms with Crippen molar-refractivity contribution in [1.29, 1.82) is 0 Å². The van der Waals surface area contributed by atoms with Crippen LogP contribution in [0.5, 0.6) is 0 Å². The topological polar surface area (TPSA) is 0 Å². The molecule has 7 rings (SSSR count). The Morgan fingerprint density at radius 3 is 1.97 bits per heavy atom. The highest BCUT2D eigenvalue weighted by molar-refractivity contribution is 9.10. The monoisotopic (exact) mass is 482 g/mol. The summed E-state index contributed by atoms with van der Waals surface area (Å²) >= 11 is 3.71. The molecule has 0 spiro atoms. The first-order chi connectivity index (χ1) is 16.3. The zero-order valence-electron chi connectivity index (χ0n) is 17.8. The summed E-state index contributed by atoms with van der Waals surface area (Å²) in [5, 5.41) is 12.9. The van der Waals surface area contributed by atoms with Gasteiger partial charge in [-0.15, -0.1) is 0 Å². The molecular formula is C32H19Br. The SMILES string of the molecule is Brc1ccc2c3ccccc3c3c(ccc4cccc(-c5ccc6ccccc6c5)c43)c2c1. The van der Waals surface area contributed by atoms with Gasteiger partial charge in [-0.2, -0.15) is 0 Å². The average molecular weight is 483 g/mol. The Kier molecular flexibility index (Phi) is 4.09. The summed E-state index contributed by atoms with van der Waals surface area (Å²) in [5.41, 5.74) is 2.54. The van der Waals surface area contributed by atoms with Crippen LogP contribution in [0.1, 0.15) is 0 Å². The van der Waals surface area contributed by atoms with Crippen molar-refractivity contribution in [2.75, 3.05) is 0 Å². The van der Waals surface area contributed by atoms with Crippen molar-refractivity contribution in [2.45, 2.75) is 0 Å². The fourth-order valence-corrected chi connectivity index (χ4v) is 5.75. The molecule has 7 aromatic carbocycles. The molecule has 0 fully saturated rings. The molecule has 1 heteroatoms. The van der Waals surface area contributed by atoms with Gasteiger partial charge in [0, 0.05) is 4.47 Å². The van der Waals surface area contributed by atoms with Crippen molar-refractivity contribution in [2.24, 2.45) is 0 Å². The zero-order chi connectivity index (χ0) is 21.9. The Balaban J connectivity index is 1.71. The van der Waals surface area contributed by atoms with Gasteiger partial charge in [0.15, 0.2) is 0 Å². The second kappa shape index (κ2) is 7.16. The van der Waals surface area contributed by atoms with Crippen LogP contribution in [0.4, 0.5) is 0 Å². The van der Waals surface area contributed by atoms with E-state index in [2.05, 4.69) is 131 Å². The van der Waals surface area contributed by atoms with Crippen LogP contribution in [0.25, 0.3) is 65.0 Å². The largest absolute Gasteiger partial charge is 0.0616 e. The van der Waals surface area contributed by atoms with Crippen LogP contribution in [-0.4, -0.2) is 0 Å². The molecule has 0 aromatic heterocycles. The predicted molar refractivity (Wildman–Crippen MR) is 147 cm³/mol. The minimum atomic E-state index is 1.11. The molecule has 7 aromatic rings. The fourth-order valence-electron chi connectivity index (χ4n) is 5.39. The van der Waals surface area contributed by atoms with E-state index >= 15 is 0 Å². The molecule has 0 unspecified atom stereocenters. The average Bonchev–Trinajstić information content (AvgIpc) is 2.87. The Morgan fingerprint density at radius 2 is 1.06 bits per heavy atom. The van der Waals surface area contributed by atoms with Crippen molar-refractivity contribution in [3.8, 4) is 11.1 Å². The van der Waals surface area contributed by atoms with Gasteiger partial charge in [-0.05, 0) is 83.2 Å². The second-order valence-electron chi connectivity index (χ2n) is 8.69. The third-order valence-corrected chi connectivity index (χ3v) is 7.36. The summed E-state index contributed by atoms with van der Waals surface area (Å²) in [7, 11) is 0. The van der Waals surface area contributed by atoms with Crippen molar-refractivity contribution >= 4 is 69.8 Å².